The molecule has 0 aliphatic heterocycles. The predicted molar refractivity (Wildman–Crippen MR) is 199 cm³/mol. The van der Waals surface area contributed by atoms with Crippen LogP contribution in [0.15, 0.2) is 162 Å². The molecule has 1 heterocycles. The van der Waals surface area contributed by atoms with Crippen LogP contribution in [0.25, 0.3) is 87.6 Å². The van der Waals surface area contributed by atoms with Gasteiger partial charge in [-0.3, -0.25) is 0 Å². The molecule has 0 saturated carbocycles. The average molecular weight is 607 g/mol. The van der Waals surface area contributed by atoms with E-state index in [1.165, 1.54) is 98.7 Å². The van der Waals surface area contributed by atoms with Crippen LogP contribution in [0.4, 0.5) is 0 Å². The molecule has 1 heteroatoms. The minimum atomic E-state index is -0.330. The molecule has 2 aliphatic carbocycles. The van der Waals surface area contributed by atoms with Gasteiger partial charge in [0, 0.05) is 21.5 Å². The zero-order chi connectivity index (χ0) is 31.1. The van der Waals surface area contributed by atoms with Crippen molar-refractivity contribution < 1.29 is 4.42 Å². The average Bonchev–Trinajstić information content (AvgIpc) is 3.79. The van der Waals surface area contributed by atoms with Crippen molar-refractivity contribution in [3.8, 4) is 33.4 Å². The van der Waals surface area contributed by atoms with Crippen LogP contribution in [0.2, 0.25) is 0 Å². The lowest BCUT2D eigenvalue weighted by atomic mass is 9.70. The van der Waals surface area contributed by atoms with E-state index in [1.54, 1.807) is 0 Å². The summed E-state index contributed by atoms with van der Waals surface area (Å²) < 4.78 is 6.62. The zero-order valence-corrected chi connectivity index (χ0v) is 25.9. The second-order valence-corrected chi connectivity index (χ2v) is 13.5. The van der Waals surface area contributed by atoms with Gasteiger partial charge in [0.1, 0.15) is 11.2 Å². The van der Waals surface area contributed by atoms with Crippen LogP contribution >= 0.6 is 0 Å². The Morgan fingerprint density at radius 2 is 0.938 bits per heavy atom. The third-order valence-corrected chi connectivity index (χ3v) is 11.4. The Kier molecular flexibility index (Phi) is 4.47. The summed E-state index contributed by atoms with van der Waals surface area (Å²) in [6.45, 7) is 0. The van der Waals surface area contributed by atoms with E-state index < -0.39 is 0 Å². The smallest absolute Gasteiger partial charge is 0.143 e. The SMILES string of the molecule is c1ccc2c(c1)-c1ccccc1C21c2ccccc2-c2cc(-c3cc4cccc5c6c7ccccc7oc6c6cccc3c6c45)ccc21. The first-order chi connectivity index (χ1) is 23.8. The summed E-state index contributed by atoms with van der Waals surface area (Å²) in [7, 11) is 0. The number of para-hydroxylation sites is 1. The van der Waals surface area contributed by atoms with Crippen molar-refractivity contribution in [2.45, 2.75) is 5.41 Å². The quantitative estimate of drug-likeness (QED) is 0.169. The topological polar surface area (TPSA) is 13.1 Å². The molecule has 0 bridgehead atoms. The number of rotatable bonds is 1. The van der Waals surface area contributed by atoms with Crippen LogP contribution < -0.4 is 0 Å². The molecule has 0 radical (unpaired) electrons. The molecule has 1 aromatic heterocycles. The molecule has 1 nitrogen and oxygen atoms in total. The Labute approximate surface area is 276 Å². The maximum absolute atomic E-state index is 6.62. The third kappa shape index (κ3) is 2.78. The minimum absolute atomic E-state index is 0.330. The molecule has 0 atom stereocenters. The van der Waals surface area contributed by atoms with Crippen molar-refractivity contribution in [2.75, 3.05) is 0 Å². The molecule has 10 aromatic rings. The summed E-state index contributed by atoms with van der Waals surface area (Å²) >= 11 is 0. The van der Waals surface area contributed by atoms with Crippen LogP contribution in [-0.2, 0) is 5.41 Å². The molecule has 0 N–H and O–H groups in total. The van der Waals surface area contributed by atoms with Crippen molar-refractivity contribution in [1.82, 2.24) is 0 Å². The van der Waals surface area contributed by atoms with Crippen LogP contribution in [-0.4, -0.2) is 0 Å². The molecule has 0 amide bonds. The van der Waals surface area contributed by atoms with Crippen molar-refractivity contribution in [1.29, 1.82) is 0 Å². The van der Waals surface area contributed by atoms with Crippen molar-refractivity contribution in [2.24, 2.45) is 0 Å². The fourth-order valence-electron chi connectivity index (χ4n) is 9.65. The molecular formula is C47H26O. The van der Waals surface area contributed by atoms with Gasteiger partial charge in [-0.2, -0.15) is 0 Å². The summed E-state index contributed by atoms with van der Waals surface area (Å²) in [6.07, 6.45) is 0. The van der Waals surface area contributed by atoms with Crippen LogP contribution in [0.5, 0.6) is 0 Å². The molecule has 220 valence electrons. The van der Waals surface area contributed by atoms with Gasteiger partial charge in [0.2, 0.25) is 0 Å². The van der Waals surface area contributed by atoms with Crippen molar-refractivity contribution in [3.63, 3.8) is 0 Å². The lowest BCUT2D eigenvalue weighted by molar-refractivity contribution is 0.673. The number of hydrogen-bond acceptors (Lipinski definition) is 1. The molecule has 0 saturated heterocycles. The van der Waals surface area contributed by atoms with E-state index >= 15 is 0 Å². The first kappa shape index (κ1) is 25.0. The fourth-order valence-corrected chi connectivity index (χ4v) is 9.65. The molecule has 1 spiro atoms. The lowest BCUT2D eigenvalue weighted by Gasteiger charge is -2.30. The van der Waals surface area contributed by atoms with Crippen LogP contribution in [0.3, 0.4) is 0 Å². The Balaban J connectivity index is 1.18. The highest BCUT2D eigenvalue weighted by Gasteiger charge is 2.51. The van der Waals surface area contributed by atoms with Gasteiger partial charge in [-0.25, -0.2) is 0 Å². The summed E-state index contributed by atoms with van der Waals surface area (Å²) in [5.41, 5.74) is 14.9. The van der Waals surface area contributed by atoms with Crippen LogP contribution in [0, 0.1) is 0 Å². The highest BCUT2D eigenvalue weighted by molar-refractivity contribution is 6.37. The van der Waals surface area contributed by atoms with E-state index in [0.29, 0.717) is 0 Å². The van der Waals surface area contributed by atoms with E-state index in [2.05, 4.69) is 158 Å². The molecule has 0 fully saturated rings. The van der Waals surface area contributed by atoms with Gasteiger partial charge in [-0.05, 0) is 95.4 Å². The van der Waals surface area contributed by atoms with E-state index in [9.17, 15) is 0 Å². The second kappa shape index (κ2) is 8.59. The first-order valence-electron chi connectivity index (χ1n) is 16.8. The zero-order valence-electron chi connectivity index (χ0n) is 25.9. The van der Waals surface area contributed by atoms with E-state index in [4.69, 9.17) is 4.42 Å². The van der Waals surface area contributed by atoms with Gasteiger partial charge in [-0.1, -0.05) is 140 Å². The van der Waals surface area contributed by atoms with Gasteiger partial charge in [0.25, 0.3) is 0 Å². The Morgan fingerprint density at radius 1 is 0.354 bits per heavy atom. The molecule has 2 aliphatic rings. The van der Waals surface area contributed by atoms with Crippen LogP contribution in [0.1, 0.15) is 22.3 Å². The van der Waals surface area contributed by atoms with Gasteiger partial charge in [-0.15, -0.1) is 0 Å². The number of benzene rings is 9. The Hall–Kier alpha value is -6.18. The summed E-state index contributed by atoms with van der Waals surface area (Å²) in [5, 5.41) is 9.93. The first-order valence-corrected chi connectivity index (χ1v) is 16.8. The maximum atomic E-state index is 6.62. The van der Waals surface area contributed by atoms with E-state index in [0.717, 1.165) is 11.2 Å². The Morgan fingerprint density at radius 3 is 1.71 bits per heavy atom. The number of hydrogen-bond donors (Lipinski definition) is 0. The van der Waals surface area contributed by atoms with Crippen molar-refractivity contribution in [3.05, 3.63) is 180 Å². The minimum Gasteiger partial charge on any atom is -0.455 e. The van der Waals surface area contributed by atoms with Gasteiger partial charge in [0.15, 0.2) is 0 Å². The number of fused-ring (bicyclic) bond motifs is 15. The standard InChI is InChI=1S/C47H26O/c1-5-19-38-29(12-1)30-13-2-6-20-39(30)47(38)40-21-7-3-14-31(40)37-25-27(23-24-41(37)47)36-26-28-11-9-17-34-43(28)44-32(36)16-10-18-35(44)46-45(34)33-15-4-8-22-42(33)48-46/h1-26H. The van der Waals surface area contributed by atoms with E-state index in [-0.39, 0.29) is 5.41 Å². The largest absolute Gasteiger partial charge is 0.455 e. The molecule has 12 rings (SSSR count). The van der Waals surface area contributed by atoms with Gasteiger partial charge in [0.05, 0.1) is 5.41 Å². The fraction of sp³-hybridized carbons (Fsp3) is 0.0213. The molecular weight excluding hydrogens is 581 g/mol. The molecule has 0 unspecified atom stereocenters. The summed E-state index contributed by atoms with van der Waals surface area (Å²) in [5.74, 6) is 0. The maximum Gasteiger partial charge on any atom is 0.143 e. The monoisotopic (exact) mass is 606 g/mol. The lowest BCUT2D eigenvalue weighted by Crippen LogP contribution is -2.25. The highest BCUT2D eigenvalue weighted by Crippen LogP contribution is 2.63. The van der Waals surface area contributed by atoms with Gasteiger partial charge >= 0.3 is 0 Å². The Bertz CT molecular complexity index is 2960. The molecule has 48 heavy (non-hydrogen) atoms. The van der Waals surface area contributed by atoms with Gasteiger partial charge < -0.3 is 4.42 Å². The summed E-state index contributed by atoms with van der Waals surface area (Å²) in [6, 6.07) is 58.7. The predicted octanol–water partition coefficient (Wildman–Crippen LogP) is 12.5. The third-order valence-electron chi connectivity index (χ3n) is 11.4. The second-order valence-electron chi connectivity index (χ2n) is 13.5. The molecule has 9 aromatic carbocycles. The highest BCUT2D eigenvalue weighted by atomic mass is 16.3. The normalized spacial score (nSPS) is 14.0. The van der Waals surface area contributed by atoms with E-state index in [1.807, 2.05) is 0 Å². The number of furan rings is 1. The summed E-state index contributed by atoms with van der Waals surface area (Å²) in [4.78, 5) is 0. The van der Waals surface area contributed by atoms with Crippen molar-refractivity contribution >= 4 is 54.3 Å².